The number of hydrogen-bond donors (Lipinski definition) is 0. The summed E-state index contributed by atoms with van der Waals surface area (Å²) in [5, 5.41) is 0.782. The number of thioether (sulfide) groups is 1. The number of halogens is 1. The fourth-order valence-electron chi connectivity index (χ4n) is 3.32. The topological polar surface area (TPSA) is 36.4 Å². The molecule has 3 rings (SSSR count). The van der Waals surface area contributed by atoms with E-state index in [-0.39, 0.29) is 18.3 Å². The Balaban J connectivity index is 0.00000320. The lowest BCUT2D eigenvalue weighted by atomic mass is 10.1. The van der Waals surface area contributed by atoms with Crippen LogP contribution in [0.4, 0.5) is 5.13 Å². The molecular formula is C23H30ClN3OS2. The lowest BCUT2D eigenvalue weighted by Crippen LogP contribution is -2.33. The standard InChI is InChI=1S/C23H29N3OS2.ClH/c1-6-28-19-10-8-18(9-11-19)22(27)26(13-7-12-25(4)5)23-24-21-17(3)14-16(2)15-20(21)29-23;/h8-11,14-15H,6-7,12-13H2,1-5H3;1H. The molecule has 0 fully saturated rings. The summed E-state index contributed by atoms with van der Waals surface area (Å²) >= 11 is 3.39. The van der Waals surface area contributed by atoms with E-state index in [0.717, 1.165) is 39.6 Å². The minimum atomic E-state index is 0. The number of anilines is 1. The highest BCUT2D eigenvalue weighted by Crippen LogP contribution is 2.32. The number of benzene rings is 2. The van der Waals surface area contributed by atoms with Crippen molar-refractivity contribution in [3.63, 3.8) is 0 Å². The van der Waals surface area contributed by atoms with Gasteiger partial charge in [-0.1, -0.05) is 24.3 Å². The molecule has 0 aliphatic heterocycles. The van der Waals surface area contributed by atoms with E-state index in [2.05, 4.69) is 51.9 Å². The zero-order valence-electron chi connectivity index (χ0n) is 18.3. The summed E-state index contributed by atoms with van der Waals surface area (Å²) in [4.78, 5) is 23.4. The maximum absolute atomic E-state index is 13.4. The highest BCUT2D eigenvalue weighted by Gasteiger charge is 2.21. The largest absolute Gasteiger partial charge is 0.309 e. The molecule has 1 amide bonds. The van der Waals surface area contributed by atoms with Crippen LogP contribution < -0.4 is 4.90 Å². The van der Waals surface area contributed by atoms with Crippen LogP contribution in [0.2, 0.25) is 0 Å². The molecule has 0 atom stereocenters. The maximum atomic E-state index is 13.4. The van der Waals surface area contributed by atoms with E-state index in [1.165, 1.54) is 10.5 Å². The number of hydrogen-bond acceptors (Lipinski definition) is 5. The van der Waals surface area contributed by atoms with Gasteiger partial charge in [0, 0.05) is 17.0 Å². The average molecular weight is 464 g/mol. The summed E-state index contributed by atoms with van der Waals surface area (Å²) < 4.78 is 1.14. The molecule has 4 nitrogen and oxygen atoms in total. The smallest absolute Gasteiger partial charge is 0.260 e. The third-order valence-corrected chi connectivity index (χ3v) is 6.61. The van der Waals surface area contributed by atoms with E-state index in [0.29, 0.717) is 12.1 Å². The molecule has 162 valence electrons. The number of carbonyl (C=O) groups is 1. The van der Waals surface area contributed by atoms with Gasteiger partial charge in [-0.2, -0.15) is 0 Å². The van der Waals surface area contributed by atoms with Crippen molar-refractivity contribution in [1.82, 2.24) is 9.88 Å². The normalized spacial score (nSPS) is 11.0. The number of nitrogens with zero attached hydrogens (tertiary/aromatic N) is 3. The van der Waals surface area contributed by atoms with Gasteiger partial charge in [0.2, 0.25) is 0 Å². The van der Waals surface area contributed by atoms with Crippen LogP contribution in [-0.2, 0) is 0 Å². The Kier molecular flexibility index (Phi) is 9.16. The Hall–Kier alpha value is -1.60. The summed E-state index contributed by atoms with van der Waals surface area (Å²) in [6.07, 6.45) is 0.899. The molecule has 0 aliphatic rings. The number of thiazole rings is 1. The fraction of sp³-hybridized carbons (Fsp3) is 0.391. The van der Waals surface area contributed by atoms with Gasteiger partial charge in [0.15, 0.2) is 5.13 Å². The van der Waals surface area contributed by atoms with Crippen molar-refractivity contribution in [3.05, 3.63) is 53.1 Å². The Bertz CT molecular complexity index is 986. The molecule has 1 aromatic heterocycles. The van der Waals surface area contributed by atoms with E-state index < -0.39 is 0 Å². The minimum absolute atomic E-state index is 0. The molecule has 1 heterocycles. The van der Waals surface area contributed by atoms with Gasteiger partial charge in [0.25, 0.3) is 5.91 Å². The van der Waals surface area contributed by atoms with Crippen molar-refractivity contribution in [2.75, 3.05) is 37.8 Å². The average Bonchev–Trinajstić information content (AvgIpc) is 3.09. The van der Waals surface area contributed by atoms with Crippen molar-refractivity contribution < 1.29 is 4.79 Å². The first-order chi connectivity index (χ1) is 13.9. The van der Waals surface area contributed by atoms with E-state index >= 15 is 0 Å². The molecule has 7 heteroatoms. The second-order valence-electron chi connectivity index (χ2n) is 7.50. The summed E-state index contributed by atoms with van der Waals surface area (Å²) in [5.74, 6) is 1.04. The Morgan fingerprint density at radius 1 is 1.10 bits per heavy atom. The van der Waals surface area contributed by atoms with E-state index in [1.807, 2.05) is 29.2 Å². The zero-order chi connectivity index (χ0) is 21.0. The van der Waals surface area contributed by atoms with Crippen LogP contribution in [-0.4, -0.2) is 48.7 Å². The first kappa shape index (κ1) is 24.7. The Labute approximate surface area is 194 Å². The van der Waals surface area contributed by atoms with E-state index in [4.69, 9.17) is 4.98 Å². The second kappa shape index (κ2) is 11.1. The SMILES string of the molecule is CCSc1ccc(C(=O)N(CCCN(C)C)c2nc3c(C)cc(C)cc3s2)cc1.Cl. The summed E-state index contributed by atoms with van der Waals surface area (Å²) in [7, 11) is 4.11. The lowest BCUT2D eigenvalue weighted by Gasteiger charge is -2.21. The van der Waals surface area contributed by atoms with Crippen LogP contribution in [0.1, 0.15) is 34.8 Å². The van der Waals surface area contributed by atoms with Gasteiger partial charge in [0.05, 0.1) is 10.2 Å². The molecule has 0 aliphatic carbocycles. The number of carbonyl (C=O) groups excluding carboxylic acids is 1. The van der Waals surface area contributed by atoms with Gasteiger partial charge in [-0.25, -0.2) is 4.98 Å². The number of fused-ring (bicyclic) bond motifs is 1. The third kappa shape index (κ3) is 5.97. The first-order valence-corrected chi connectivity index (χ1v) is 11.8. The summed E-state index contributed by atoms with van der Waals surface area (Å²) in [6, 6.07) is 12.2. The van der Waals surface area contributed by atoms with Gasteiger partial charge in [-0.3, -0.25) is 9.69 Å². The molecule has 3 aromatic rings. The molecule has 0 radical (unpaired) electrons. The van der Waals surface area contributed by atoms with Crippen molar-refractivity contribution in [2.24, 2.45) is 0 Å². The molecule has 30 heavy (non-hydrogen) atoms. The molecule has 0 unspecified atom stereocenters. The van der Waals surface area contributed by atoms with Crippen molar-refractivity contribution in [1.29, 1.82) is 0 Å². The van der Waals surface area contributed by atoms with Crippen LogP contribution in [0.15, 0.2) is 41.3 Å². The molecule has 0 bridgehead atoms. The Morgan fingerprint density at radius 2 is 1.80 bits per heavy atom. The van der Waals surface area contributed by atoms with Crippen LogP contribution in [0.3, 0.4) is 0 Å². The predicted octanol–water partition coefficient (Wildman–Crippen LogP) is 6.05. The third-order valence-electron chi connectivity index (χ3n) is 4.69. The van der Waals surface area contributed by atoms with Gasteiger partial charge in [0.1, 0.15) is 0 Å². The summed E-state index contributed by atoms with van der Waals surface area (Å²) in [5.41, 5.74) is 4.09. The van der Waals surface area contributed by atoms with Crippen molar-refractivity contribution in [3.8, 4) is 0 Å². The maximum Gasteiger partial charge on any atom is 0.260 e. The highest BCUT2D eigenvalue weighted by molar-refractivity contribution is 7.99. The molecular weight excluding hydrogens is 434 g/mol. The lowest BCUT2D eigenvalue weighted by molar-refractivity contribution is 0.0986. The van der Waals surface area contributed by atoms with Gasteiger partial charge in [-0.15, -0.1) is 24.2 Å². The molecule has 0 saturated carbocycles. The highest BCUT2D eigenvalue weighted by atomic mass is 35.5. The van der Waals surface area contributed by atoms with Crippen LogP contribution in [0, 0.1) is 13.8 Å². The number of aryl methyl sites for hydroxylation is 2. The molecule has 0 N–H and O–H groups in total. The van der Waals surface area contributed by atoms with Gasteiger partial charge in [-0.05, 0) is 88.1 Å². The minimum Gasteiger partial charge on any atom is -0.309 e. The summed E-state index contributed by atoms with van der Waals surface area (Å²) in [6.45, 7) is 7.90. The van der Waals surface area contributed by atoms with Crippen LogP contribution in [0.25, 0.3) is 10.2 Å². The second-order valence-corrected chi connectivity index (χ2v) is 9.84. The number of amides is 1. The Morgan fingerprint density at radius 3 is 2.43 bits per heavy atom. The number of aromatic nitrogens is 1. The quantitative estimate of drug-likeness (QED) is 0.381. The number of rotatable bonds is 8. The van der Waals surface area contributed by atoms with Crippen molar-refractivity contribution in [2.45, 2.75) is 32.1 Å². The van der Waals surface area contributed by atoms with Crippen LogP contribution >= 0.6 is 35.5 Å². The first-order valence-electron chi connectivity index (χ1n) is 9.96. The van der Waals surface area contributed by atoms with E-state index in [9.17, 15) is 4.79 Å². The molecule has 0 spiro atoms. The zero-order valence-corrected chi connectivity index (χ0v) is 20.7. The predicted molar refractivity (Wildman–Crippen MR) is 134 cm³/mol. The van der Waals surface area contributed by atoms with Crippen LogP contribution in [0.5, 0.6) is 0 Å². The van der Waals surface area contributed by atoms with Gasteiger partial charge < -0.3 is 4.90 Å². The molecule has 0 saturated heterocycles. The van der Waals surface area contributed by atoms with Crippen molar-refractivity contribution >= 4 is 56.8 Å². The van der Waals surface area contributed by atoms with E-state index in [1.54, 1.807) is 23.1 Å². The fourth-order valence-corrected chi connectivity index (χ4v) is 5.15. The monoisotopic (exact) mass is 463 g/mol. The molecule has 2 aromatic carbocycles. The van der Waals surface area contributed by atoms with Gasteiger partial charge >= 0.3 is 0 Å².